The van der Waals surface area contributed by atoms with E-state index in [1.807, 2.05) is 18.2 Å². The summed E-state index contributed by atoms with van der Waals surface area (Å²) in [6.45, 7) is 5.44. The lowest BCUT2D eigenvalue weighted by Crippen LogP contribution is -2.44. The first kappa shape index (κ1) is 14.6. The maximum Gasteiger partial charge on any atom is 0.213 e. The van der Waals surface area contributed by atoms with Crippen LogP contribution in [-0.2, 0) is 6.42 Å². The smallest absolute Gasteiger partial charge is 0.213 e. The highest BCUT2D eigenvalue weighted by atomic mass is 35.5. The van der Waals surface area contributed by atoms with Gasteiger partial charge in [0.15, 0.2) is 0 Å². The molecule has 0 spiro atoms. The molecule has 2 aromatic rings. The Hall–Kier alpha value is -1.36. The van der Waals surface area contributed by atoms with Gasteiger partial charge in [0.2, 0.25) is 5.88 Å². The van der Waals surface area contributed by atoms with E-state index in [2.05, 4.69) is 21.3 Å². The zero-order valence-corrected chi connectivity index (χ0v) is 13.0. The maximum absolute atomic E-state index is 6.54. The van der Waals surface area contributed by atoms with Crippen molar-refractivity contribution < 1.29 is 4.74 Å². The second-order valence-electron chi connectivity index (χ2n) is 5.30. The van der Waals surface area contributed by atoms with Crippen molar-refractivity contribution in [2.45, 2.75) is 6.42 Å². The molecule has 1 aliphatic rings. The van der Waals surface area contributed by atoms with Crippen LogP contribution in [0.3, 0.4) is 0 Å². The van der Waals surface area contributed by atoms with E-state index in [1.165, 1.54) is 5.56 Å². The molecule has 2 heterocycles. The molecule has 0 amide bonds. The van der Waals surface area contributed by atoms with Gasteiger partial charge in [0.1, 0.15) is 0 Å². The molecule has 112 valence electrons. The molecule has 0 radical (unpaired) electrons. The summed E-state index contributed by atoms with van der Waals surface area (Å²) in [6.07, 6.45) is 0.973. The van der Waals surface area contributed by atoms with Crippen LogP contribution >= 0.6 is 11.6 Å². The Morgan fingerprint density at radius 2 is 2.05 bits per heavy atom. The third-order valence-electron chi connectivity index (χ3n) is 3.98. The van der Waals surface area contributed by atoms with Crippen LogP contribution in [-0.4, -0.2) is 49.7 Å². The molecule has 0 atom stereocenters. The predicted molar refractivity (Wildman–Crippen MR) is 86.3 cm³/mol. The highest BCUT2D eigenvalue weighted by molar-refractivity contribution is 6.36. The largest absolute Gasteiger partial charge is 0.481 e. The van der Waals surface area contributed by atoms with Gasteiger partial charge in [-0.1, -0.05) is 17.7 Å². The Morgan fingerprint density at radius 3 is 2.81 bits per heavy atom. The summed E-state index contributed by atoms with van der Waals surface area (Å²) >= 11 is 6.54. The molecule has 0 saturated carbocycles. The second kappa shape index (κ2) is 6.60. The van der Waals surface area contributed by atoms with E-state index in [0.29, 0.717) is 5.88 Å². The maximum atomic E-state index is 6.54. The van der Waals surface area contributed by atoms with Gasteiger partial charge in [-0.3, -0.25) is 0 Å². The average molecular weight is 306 g/mol. The van der Waals surface area contributed by atoms with Crippen molar-refractivity contribution in [3.63, 3.8) is 0 Å². The summed E-state index contributed by atoms with van der Waals surface area (Å²) in [4.78, 5) is 6.90. The zero-order valence-electron chi connectivity index (χ0n) is 12.2. The minimum absolute atomic E-state index is 0.618. The Balaban J connectivity index is 1.77. The van der Waals surface area contributed by atoms with E-state index < -0.39 is 0 Å². The van der Waals surface area contributed by atoms with Gasteiger partial charge in [-0.15, -0.1) is 0 Å². The minimum Gasteiger partial charge on any atom is -0.481 e. The van der Waals surface area contributed by atoms with Crippen molar-refractivity contribution in [2.75, 3.05) is 39.8 Å². The van der Waals surface area contributed by atoms with E-state index in [1.54, 1.807) is 7.11 Å². The fourth-order valence-corrected chi connectivity index (χ4v) is 3.03. The standard InChI is InChI=1S/C16H20ClN3O/c1-21-15-5-3-13-14(19-15)4-2-12(16(13)17)6-9-20-10-7-18-8-11-20/h2-5,18H,6-11H2,1H3. The molecule has 4 nitrogen and oxygen atoms in total. The number of ether oxygens (including phenoxy) is 1. The van der Waals surface area contributed by atoms with Crippen LogP contribution in [0.5, 0.6) is 5.88 Å². The van der Waals surface area contributed by atoms with Crippen molar-refractivity contribution in [1.82, 2.24) is 15.2 Å². The van der Waals surface area contributed by atoms with Crippen molar-refractivity contribution in [3.8, 4) is 5.88 Å². The van der Waals surface area contributed by atoms with Crippen LogP contribution < -0.4 is 10.1 Å². The van der Waals surface area contributed by atoms with Gasteiger partial charge in [-0.2, -0.15) is 0 Å². The number of aromatic nitrogens is 1. The molecule has 0 bridgehead atoms. The number of nitrogens with one attached hydrogen (secondary N) is 1. The molecular formula is C16H20ClN3O. The number of halogens is 1. The van der Waals surface area contributed by atoms with E-state index in [4.69, 9.17) is 16.3 Å². The normalized spacial score (nSPS) is 16.3. The van der Waals surface area contributed by atoms with E-state index in [9.17, 15) is 0 Å². The van der Waals surface area contributed by atoms with Gasteiger partial charge in [-0.05, 0) is 24.1 Å². The molecule has 21 heavy (non-hydrogen) atoms. The molecule has 5 heteroatoms. The lowest BCUT2D eigenvalue weighted by Gasteiger charge is -2.27. The van der Waals surface area contributed by atoms with Crippen molar-refractivity contribution in [3.05, 3.63) is 34.9 Å². The van der Waals surface area contributed by atoms with Gasteiger partial charge in [0.25, 0.3) is 0 Å². The highest BCUT2D eigenvalue weighted by Crippen LogP contribution is 2.28. The summed E-state index contributed by atoms with van der Waals surface area (Å²) in [6, 6.07) is 7.95. The monoisotopic (exact) mass is 305 g/mol. The molecule has 3 rings (SSSR count). The number of methoxy groups -OCH3 is 1. The fourth-order valence-electron chi connectivity index (χ4n) is 2.71. The van der Waals surface area contributed by atoms with Gasteiger partial charge >= 0.3 is 0 Å². The highest BCUT2D eigenvalue weighted by Gasteiger charge is 2.12. The van der Waals surface area contributed by atoms with Gasteiger partial charge < -0.3 is 15.0 Å². The van der Waals surface area contributed by atoms with Crippen molar-refractivity contribution >= 4 is 22.5 Å². The number of piperazine rings is 1. The first-order chi connectivity index (χ1) is 10.3. The molecule has 1 aromatic heterocycles. The molecule has 1 aromatic carbocycles. The van der Waals surface area contributed by atoms with Crippen molar-refractivity contribution in [1.29, 1.82) is 0 Å². The lowest BCUT2D eigenvalue weighted by molar-refractivity contribution is 0.244. The lowest BCUT2D eigenvalue weighted by atomic mass is 10.1. The summed E-state index contributed by atoms with van der Waals surface area (Å²) in [7, 11) is 1.62. The number of benzene rings is 1. The van der Waals surface area contributed by atoms with Crippen LogP contribution in [0.4, 0.5) is 0 Å². The second-order valence-corrected chi connectivity index (χ2v) is 5.68. The number of hydrogen-bond acceptors (Lipinski definition) is 4. The van der Waals surface area contributed by atoms with Crippen LogP contribution in [0.25, 0.3) is 10.9 Å². The third-order valence-corrected chi connectivity index (χ3v) is 4.42. The first-order valence-electron chi connectivity index (χ1n) is 7.33. The van der Waals surface area contributed by atoms with Crippen LogP contribution in [0, 0.1) is 0 Å². The Morgan fingerprint density at radius 1 is 1.24 bits per heavy atom. The van der Waals surface area contributed by atoms with Gasteiger partial charge in [-0.25, -0.2) is 4.98 Å². The van der Waals surface area contributed by atoms with E-state index in [0.717, 1.165) is 55.1 Å². The molecule has 0 unspecified atom stereocenters. The SMILES string of the molecule is COc1ccc2c(Cl)c(CCN3CCNCC3)ccc2n1. The van der Waals surface area contributed by atoms with Crippen LogP contribution in [0.2, 0.25) is 5.02 Å². The predicted octanol–water partition coefficient (Wildman–Crippen LogP) is 2.34. The summed E-state index contributed by atoms with van der Waals surface area (Å²) in [5.41, 5.74) is 2.07. The number of hydrogen-bond donors (Lipinski definition) is 1. The van der Waals surface area contributed by atoms with Crippen molar-refractivity contribution in [2.24, 2.45) is 0 Å². The zero-order chi connectivity index (χ0) is 14.7. The fraction of sp³-hybridized carbons (Fsp3) is 0.438. The molecule has 1 fully saturated rings. The third kappa shape index (κ3) is 3.28. The molecular weight excluding hydrogens is 286 g/mol. The number of pyridine rings is 1. The molecule has 1 N–H and O–H groups in total. The average Bonchev–Trinajstić information content (AvgIpc) is 2.55. The number of rotatable bonds is 4. The summed E-state index contributed by atoms with van der Waals surface area (Å²) < 4.78 is 5.15. The van der Waals surface area contributed by atoms with E-state index in [-0.39, 0.29) is 0 Å². The summed E-state index contributed by atoms with van der Waals surface area (Å²) in [5.74, 6) is 0.618. The van der Waals surface area contributed by atoms with Crippen LogP contribution in [0.1, 0.15) is 5.56 Å². The summed E-state index contributed by atoms with van der Waals surface area (Å²) in [5, 5.41) is 5.18. The first-order valence-corrected chi connectivity index (χ1v) is 7.71. The quantitative estimate of drug-likeness (QED) is 0.941. The Labute approximate surface area is 130 Å². The van der Waals surface area contributed by atoms with Gasteiger partial charge in [0.05, 0.1) is 17.6 Å². The van der Waals surface area contributed by atoms with Crippen LogP contribution in [0.15, 0.2) is 24.3 Å². The topological polar surface area (TPSA) is 37.4 Å². The molecule has 1 saturated heterocycles. The van der Waals surface area contributed by atoms with E-state index >= 15 is 0 Å². The van der Waals surface area contributed by atoms with Gasteiger partial charge in [0, 0.05) is 44.2 Å². The molecule has 0 aliphatic carbocycles. The Kier molecular flexibility index (Phi) is 4.58. The minimum atomic E-state index is 0.618. The molecule has 1 aliphatic heterocycles. The number of fused-ring (bicyclic) bond motifs is 1. The Bertz CT molecular complexity index is 626. The number of nitrogens with zero attached hydrogens (tertiary/aromatic N) is 2.